The number of fused-ring (bicyclic) bond motifs is 3. The first-order valence-corrected chi connectivity index (χ1v) is 18.7. The van der Waals surface area contributed by atoms with Gasteiger partial charge in [0, 0.05) is 16.6 Å². The predicted octanol–water partition coefficient (Wildman–Crippen LogP) is 12.4. The summed E-state index contributed by atoms with van der Waals surface area (Å²) < 4.78 is 0. The fourth-order valence-electron chi connectivity index (χ4n) is 8.06. The smallest absolute Gasteiger partial charge is 0.193 e. The van der Waals surface area contributed by atoms with Crippen molar-refractivity contribution in [2.45, 2.75) is 92.0 Å². The van der Waals surface area contributed by atoms with E-state index in [4.69, 9.17) is 0 Å². The number of rotatable bonds is 7. The van der Waals surface area contributed by atoms with Gasteiger partial charge in [-0.2, -0.15) is 0 Å². The molecule has 0 atom stereocenters. The number of para-hydroxylation sites is 1. The molecule has 1 saturated heterocycles. The summed E-state index contributed by atoms with van der Waals surface area (Å²) in [6, 6.07) is 45.7. The SMILES string of the molecule is CCC1(CC)[C]N(c2c(C(C)C)cccc2C(C)C)C(C)(C)C1.[B]1C(c2ccccc2)=C(c2ccccc2)c2ccccc2-c2ccccc21. The highest BCUT2D eigenvalue weighted by molar-refractivity contribution is 6.77. The number of hydrogen-bond acceptors (Lipinski definition) is 1. The molecule has 1 nitrogen and oxygen atoms in total. The molecule has 0 aromatic heterocycles. The highest BCUT2D eigenvalue weighted by Crippen LogP contribution is 2.53. The van der Waals surface area contributed by atoms with Crippen molar-refractivity contribution in [3.63, 3.8) is 0 Å². The van der Waals surface area contributed by atoms with Gasteiger partial charge in [0.05, 0.1) is 6.54 Å². The Morgan fingerprint density at radius 3 is 1.64 bits per heavy atom. The van der Waals surface area contributed by atoms with E-state index in [2.05, 4.69) is 202 Å². The van der Waals surface area contributed by atoms with E-state index < -0.39 is 0 Å². The molecule has 2 heterocycles. The lowest BCUT2D eigenvalue weighted by Crippen LogP contribution is -2.37. The van der Waals surface area contributed by atoms with Crippen molar-refractivity contribution in [1.82, 2.24) is 0 Å². The van der Waals surface area contributed by atoms with Crippen LogP contribution in [0.25, 0.3) is 22.2 Å². The third-order valence-electron chi connectivity index (χ3n) is 10.8. The molecule has 7 rings (SSSR count). The van der Waals surface area contributed by atoms with Crippen molar-refractivity contribution in [3.05, 3.63) is 162 Å². The topological polar surface area (TPSA) is 3.24 Å². The second-order valence-corrected chi connectivity index (χ2v) is 15.3. The Morgan fingerprint density at radius 1 is 0.600 bits per heavy atom. The molecule has 50 heavy (non-hydrogen) atoms. The minimum absolute atomic E-state index is 0.126. The van der Waals surface area contributed by atoms with Crippen LogP contribution in [0, 0.1) is 12.0 Å². The van der Waals surface area contributed by atoms with E-state index in [1.807, 2.05) is 0 Å². The molecule has 5 aromatic rings. The minimum Gasteiger partial charge on any atom is -0.355 e. The van der Waals surface area contributed by atoms with Gasteiger partial charge in [-0.15, -0.1) is 0 Å². The largest absolute Gasteiger partial charge is 0.355 e. The van der Waals surface area contributed by atoms with Crippen molar-refractivity contribution >= 4 is 29.5 Å². The van der Waals surface area contributed by atoms with Crippen molar-refractivity contribution in [3.8, 4) is 11.1 Å². The van der Waals surface area contributed by atoms with Crippen LogP contribution in [-0.4, -0.2) is 12.8 Å². The van der Waals surface area contributed by atoms with Gasteiger partial charge in [-0.3, -0.25) is 0 Å². The molecule has 0 unspecified atom stereocenters. The first kappa shape index (κ1) is 35.5. The average molecular weight is 655 g/mol. The quantitative estimate of drug-likeness (QED) is 0.158. The van der Waals surface area contributed by atoms with Gasteiger partial charge in [0.2, 0.25) is 0 Å². The Morgan fingerprint density at radius 2 is 1.10 bits per heavy atom. The molecular formula is C48H53BN. The molecule has 0 aliphatic carbocycles. The fraction of sp³-hybridized carbons (Fsp3) is 0.312. The third-order valence-corrected chi connectivity index (χ3v) is 10.8. The molecule has 0 saturated carbocycles. The van der Waals surface area contributed by atoms with Crippen LogP contribution in [0.5, 0.6) is 0 Å². The maximum absolute atomic E-state index is 3.93. The Balaban J connectivity index is 0.000000176. The second-order valence-electron chi connectivity index (χ2n) is 15.3. The lowest BCUT2D eigenvalue weighted by atomic mass is 9.58. The lowest BCUT2D eigenvalue weighted by Gasteiger charge is -2.37. The lowest BCUT2D eigenvalue weighted by molar-refractivity contribution is 0.300. The van der Waals surface area contributed by atoms with Gasteiger partial charge in [-0.1, -0.05) is 180 Å². The minimum atomic E-state index is 0.126. The molecule has 0 N–H and O–H groups in total. The van der Waals surface area contributed by atoms with Crippen molar-refractivity contribution in [2.75, 3.05) is 4.90 Å². The summed E-state index contributed by atoms with van der Waals surface area (Å²) in [6.45, 7) is 22.5. The summed E-state index contributed by atoms with van der Waals surface area (Å²) in [5.41, 5.74) is 14.8. The van der Waals surface area contributed by atoms with Gasteiger partial charge < -0.3 is 4.90 Å². The number of benzene rings is 5. The molecule has 0 bridgehead atoms. The van der Waals surface area contributed by atoms with E-state index in [1.165, 1.54) is 80.4 Å². The Hall–Kier alpha value is -4.30. The molecule has 3 radical (unpaired) electrons. The summed E-state index contributed by atoms with van der Waals surface area (Å²) in [6.07, 6.45) is 3.53. The van der Waals surface area contributed by atoms with E-state index >= 15 is 0 Å². The summed E-state index contributed by atoms with van der Waals surface area (Å²) in [5.74, 6) is 1.05. The van der Waals surface area contributed by atoms with Crippen LogP contribution in [0.2, 0.25) is 0 Å². The van der Waals surface area contributed by atoms with Gasteiger partial charge in [-0.05, 0) is 89.5 Å². The van der Waals surface area contributed by atoms with Gasteiger partial charge in [0.15, 0.2) is 7.28 Å². The van der Waals surface area contributed by atoms with Crippen LogP contribution >= 0.6 is 0 Å². The maximum Gasteiger partial charge on any atom is 0.193 e. The van der Waals surface area contributed by atoms with Gasteiger partial charge in [-0.25, -0.2) is 0 Å². The predicted molar refractivity (Wildman–Crippen MR) is 218 cm³/mol. The van der Waals surface area contributed by atoms with E-state index in [-0.39, 0.29) is 11.0 Å². The van der Waals surface area contributed by atoms with Crippen LogP contribution in [-0.2, 0) is 0 Å². The van der Waals surface area contributed by atoms with Crippen LogP contribution in [0.1, 0.15) is 114 Å². The van der Waals surface area contributed by atoms with Crippen molar-refractivity contribution in [2.24, 2.45) is 5.41 Å². The molecule has 253 valence electrons. The van der Waals surface area contributed by atoms with Gasteiger partial charge in [0.1, 0.15) is 0 Å². The third kappa shape index (κ3) is 7.00. The summed E-state index contributed by atoms with van der Waals surface area (Å²) >= 11 is 0. The fourth-order valence-corrected chi connectivity index (χ4v) is 8.06. The summed E-state index contributed by atoms with van der Waals surface area (Å²) in [4.78, 5) is 2.50. The zero-order valence-electron chi connectivity index (χ0n) is 31.4. The summed E-state index contributed by atoms with van der Waals surface area (Å²) in [7, 11) is 2.34. The summed E-state index contributed by atoms with van der Waals surface area (Å²) in [5, 5.41) is 0. The molecule has 1 fully saturated rings. The van der Waals surface area contributed by atoms with Crippen LogP contribution < -0.4 is 10.4 Å². The number of nitrogens with zero attached hydrogens (tertiary/aromatic N) is 1. The normalized spacial score (nSPS) is 15.9. The standard InChI is InChI=1S/C26H18B.C22H35N/c1-3-11-19(12-4-1)25-23-17-8-7-15-21(23)22-16-9-10-18-24(22)27-26(25)20-13-5-2-6-14-20;1-9-22(10-2)14-21(7,8)23(15-22)20-18(16(3)4)12-11-13-19(20)17(5)6/h1-18H;11-13,16-17H,9-10,14H2,1-8H3. The Kier molecular flexibility index (Phi) is 10.6. The van der Waals surface area contributed by atoms with Gasteiger partial charge >= 0.3 is 0 Å². The average Bonchev–Trinajstić information content (AvgIpc) is 3.33. The highest BCUT2D eigenvalue weighted by Gasteiger charge is 2.48. The van der Waals surface area contributed by atoms with E-state index in [1.54, 1.807) is 0 Å². The van der Waals surface area contributed by atoms with Crippen LogP contribution in [0.15, 0.2) is 127 Å². The van der Waals surface area contributed by atoms with Gasteiger partial charge in [0.25, 0.3) is 0 Å². The number of hydrogen-bond donors (Lipinski definition) is 0. The first-order chi connectivity index (χ1) is 24.1. The van der Waals surface area contributed by atoms with E-state index in [0.29, 0.717) is 11.8 Å². The van der Waals surface area contributed by atoms with Crippen LogP contribution in [0.3, 0.4) is 0 Å². The zero-order chi connectivity index (χ0) is 35.5. The Bertz CT molecular complexity index is 1900. The molecule has 2 aliphatic rings. The molecule has 5 aromatic carbocycles. The highest BCUT2D eigenvalue weighted by atomic mass is 15.2. The van der Waals surface area contributed by atoms with Crippen molar-refractivity contribution in [1.29, 1.82) is 0 Å². The first-order valence-electron chi connectivity index (χ1n) is 18.7. The second kappa shape index (κ2) is 14.9. The monoisotopic (exact) mass is 654 g/mol. The molecule has 0 amide bonds. The maximum atomic E-state index is 3.93. The molecule has 2 heteroatoms. The van der Waals surface area contributed by atoms with Crippen molar-refractivity contribution < 1.29 is 0 Å². The molecular weight excluding hydrogens is 601 g/mol. The Labute approximate surface area is 303 Å². The zero-order valence-corrected chi connectivity index (χ0v) is 31.4. The molecule has 0 spiro atoms. The van der Waals surface area contributed by atoms with Crippen LogP contribution in [0.4, 0.5) is 5.69 Å². The van der Waals surface area contributed by atoms with E-state index in [9.17, 15) is 0 Å². The number of anilines is 1. The van der Waals surface area contributed by atoms with E-state index in [0.717, 1.165) is 0 Å². The molecule has 2 aliphatic heterocycles.